The Hall–Kier alpha value is -1.75. The number of nitrogens with zero attached hydrogens (tertiary/aromatic N) is 2. The lowest BCUT2D eigenvalue weighted by molar-refractivity contribution is 0.0672. The molecule has 0 spiro atoms. The van der Waals surface area contributed by atoms with Crippen molar-refractivity contribution in [3.05, 3.63) is 23.8 Å². The molecule has 0 saturated carbocycles. The molecular formula is C16H24N2O3. The van der Waals surface area contributed by atoms with Gasteiger partial charge in [-0.1, -0.05) is 6.92 Å². The fourth-order valence-corrected chi connectivity index (χ4v) is 2.83. The first-order chi connectivity index (χ1) is 10.1. The molecule has 2 rings (SSSR count). The summed E-state index contributed by atoms with van der Waals surface area (Å²) in [7, 11) is 3.62. The number of hydrogen-bond acceptors (Lipinski definition) is 4. The normalized spacial score (nSPS) is 20.1. The van der Waals surface area contributed by atoms with Crippen LogP contribution in [0.1, 0.15) is 30.1 Å². The van der Waals surface area contributed by atoms with E-state index in [0.29, 0.717) is 11.3 Å². The van der Waals surface area contributed by atoms with Crippen LogP contribution in [-0.2, 0) is 0 Å². The first kappa shape index (κ1) is 15.6. The molecular weight excluding hydrogens is 268 g/mol. The van der Waals surface area contributed by atoms with Crippen molar-refractivity contribution in [2.75, 3.05) is 33.8 Å². The summed E-state index contributed by atoms with van der Waals surface area (Å²) in [5.74, 6) is 0.427. The molecule has 5 nitrogen and oxygen atoms in total. The van der Waals surface area contributed by atoms with Crippen LogP contribution in [0.3, 0.4) is 0 Å². The quantitative estimate of drug-likeness (QED) is 0.925. The highest BCUT2D eigenvalue weighted by Crippen LogP contribution is 2.26. The molecule has 1 amide bonds. The minimum absolute atomic E-state index is 0.0215. The largest absolute Gasteiger partial charge is 0.507 e. The number of carbonyl (C=O) groups excluding carboxylic acids is 1. The Balaban J connectivity index is 2.24. The van der Waals surface area contributed by atoms with Crippen molar-refractivity contribution < 1.29 is 14.6 Å². The summed E-state index contributed by atoms with van der Waals surface area (Å²) in [5, 5.41) is 10.1. The van der Waals surface area contributed by atoms with Gasteiger partial charge in [-0.2, -0.15) is 0 Å². The van der Waals surface area contributed by atoms with Gasteiger partial charge in [-0.25, -0.2) is 0 Å². The van der Waals surface area contributed by atoms with Crippen LogP contribution >= 0.6 is 0 Å². The Kier molecular flexibility index (Phi) is 5.07. The molecule has 1 aromatic carbocycles. The molecule has 1 heterocycles. The van der Waals surface area contributed by atoms with Crippen molar-refractivity contribution in [2.45, 2.75) is 25.8 Å². The van der Waals surface area contributed by atoms with Crippen molar-refractivity contribution in [3.63, 3.8) is 0 Å². The van der Waals surface area contributed by atoms with Crippen LogP contribution in [0.25, 0.3) is 0 Å². The van der Waals surface area contributed by atoms with E-state index in [2.05, 4.69) is 18.9 Å². The molecule has 1 aromatic rings. The minimum Gasteiger partial charge on any atom is -0.507 e. The molecule has 1 unspecified atom stereocenters. The molecule has 1 saturated heterocycles. The summed E-state index contributed by atoms with van der Waals surface area (Å²) in [6.45, 7) is 4.69. The van der Waals surface area contributed by atoms with Gasteiger partial charge in [0.05, 0.1) is 12.7 Å². The third-order valence-electron chi connectivity index (χ3n) is 4.07. The Bertz CT molecular complexity index is 504. The number of likely N-dealkylation sites (N-methyl/N-ethyl adjacent to an activating group) is 1. The minimum atomic E-state index is -0.0997. The molecule has 21 heavy (non-hydrogen) atoms. The smallest absolute Gasteiger partial charge is 0.257 e. The van der Waals surface area contributed by atoms with Crippen molar-refractivity contribution >= 4 is 5.91 Å². The van der Waals surface area contributed by atoms with E-state index in [0.717, 1.165) is 32.5 Å². The number of aromatic hydroxyl groups is 1. The molecule has 5 heteroatoms. The fraction of sp³-hybridized carbons (Fsp3) is 0.562. The van der Waals surface area contributed by atoms with E-state index in [-0.39, 0.29) is 17.7 Å². The Morgan fingerprint density at radius 1 is 1.43 bits per heavy atom. The molecule has 1 N–H and O–H groups in total. The predicted molar refractivity (Wildman–Crippen MR) is 81.9 cm³/mol. The summed E-state index contributed by atoms with van der Waals surface area (Å²) in [6, 6.07) is 5.01. The van der Waals surface area contributed by atoms with E-state index in [1.807, 2.05) is 4.90 Å². The molecule has 1 aliphatic rings. The van der Waals surface area contributed by atoms with E-state index in [1.54, 1.807) is 12.1 Å². The maximum absolute atomic E-state index is 12.8. The lowest BCUT2D eigenvalue weighted by Gasteiger charge is -2.30. The molecule has 0 radical (unpaired) electrons. The third-order valence-corrected chi connectivity index (χ3v) is 4.07. The lowest BCUT2D eigenvalue weighted by Crippen LogP contribution is -2.43. The van der Waals surface area contributed by atoms with Gasteiger partial charge in [0.15, 0.2) is 0 Å². The molecule has 0 bridgehead atoms. The second-order valence-corrected chi connectivity index (χ2v) is 5.56. The maximum Gasteiger partial charge on any atom is 0.257 e. The van der Waals surface area contributed by atoms with Crippen LogP contribution in [-0.4, -0.2) is 60.6 Å². The van der Waals surface area contributed by atoms with Gasteiger partial charge in [-0.3, -0.25) is 4.79 Å². The van der Waals surface area contributed by atoms with Crippen molar-refractivity contribution in [1.82, 2.24) is 9.80 Å². The van der Waals surface area contributed by atoms with Crippen LogP contribution in [0.2, 0.25) is 0 Å². The second kappa shape index (κ2) is 6.80. The van der Waals surface area contributed by atoms with Crippen LogP contribution in [0.5, 0.6) is 11.5 Å². The summed E-state index contributed by atoms with van der Waals surface area (Å²) < 4.78 is 5.06. The number of rotatable bonds is 3. The van der Waals surface area contributed by atoms with Crippen LogP contribution in [0.4, 0.5) is 0 Å². The van der Waals surface area contributed by atoms with Crippen molar-refractivity contribution in [3.8, 4) is 11.5 Å². The van der Waals surface area contributed by atoms with Gasteiger partial charge >= 0.3 is 0 Å². The number of phenolic OH excluding ortho intramolecular Hbond substituents is 1. The number of ether oxygens (including phenoxy) is 1. The van der Waals surface area contributed by atoms with Gasteiger partial charge in [-0.05, 0) is 38.6 Å². The third kappa shape index (κ3) is 3.47. The van der Waals surface area contributed by atoms with E-state index in [9.17, 15) is 9.90 Å². The summed E-state index contributed by atoms with van der Waals surface area (Å²) in [5.41, 5.74) is 0.346. The average Bonchev–Trinajstić information content (AvgIpc) is 2.67. The van der Waals surface area contributed by atoms with Gasteiger partial charge in [-0.15, -0.1) is 0 Å². The first-order valence-electron chi connectivity index (χ1n) is 7.43. The predicted octanol–water partition coefficient (Wildman–Crippen LogP) is 1.96. The van der Waals surface area contributed by atoms with Gasteiger partial charge in [0.2, 0.25) is 0 Å². The van der Waals surface area contributed by atoms with Crippen molar-refractivity contribution in [1.29, 1.82) is 0 Å². The van der Waals surface area contributed by atoms with Gasteiger partial charge in [0.1, 0.15) is 11.5 Å². The van der Waals surface area contributed by atoms with Crippen LogP contribution in [0, 0.1) is 0 Å². The highest BCUT2D eigenvalue weighted by molar-refractivity contribution is 5.97. The van der Waals surface area contributed by atoms with Crippen LogP contribution < -0.4 is 4.74 Å². The van der Waals surface area contributed by atoms with Crippen LogP contribution in [0.15, 0.2) is 18.2 Å². The highest BCUT2D eigenvalue weighted by Gasteiger charge is 2.28. The Morgan fingerprint density at radius 3 is 2.81 bits per heavy atom. The van der Waals surface area contributed by atoms with Gasteiger partial charge in [0, 0.05) is 25.2 Å². The molecule has 0 aliphatic carbocycles. The zero-order valence-corrected chi connectivity index (χ0v) is 13.0. The summed E-state index contributed by atoms with van der Waals surface area (Å²) >= 11 is 0. The highest BCUT2D eigenvalue weighted by atomic mass is 16.5. The van der Waals surface area contributed by atoms with Gasteiger partial charge in [0.25, 0.3) is 5.91 Å². The van der Waals surface area contributed by atoms with E-state index in [4.69, 9.17) is 4.74 Å². The zero-order chi connectivity index (χ0) is 15.4. The monoisotopic (exact) mass is 292 g/mol. The Labute approximate surface area is 126 Å². The number of phenols is 1. The number of benzene rings is 1. The fourth-order valence-electron chi connectivity index (χ4n) is 2.83. The summed E-state index contributed by atoms with van der Waals surface area (Å²) in [4.78, 5) is 16.9. The molecule has 1 atom stereocenters. The number of hydrogen-bond donors (Lipinski definition) is 1. The molecule has 0 aromatic heterocycles. The lowest BCUT2D eigenvalue weighted by atomic mass is 10.1. The average molecular weight is 292 g/mol. The summed E-state index contributed by atoms with van der Waals surface area (Å²) in [6.07, 6.45) is 1.86. The molecule has 1 aliphatic heterocycles. The number of methoxy groups -OCH3 is 1. The van der Waals surface area contributed by atoms with E-state index >= 15 is 0 Å². The number of carbonyl (C=O) groups is 1. The maximum atomic E-state index is 12.8. The second-order valence-electron chi connectivity index (χ2n) is 5.56. The number of amides is 1. The van der Waals surface area contributed by atoms with E-state index < -0.39 is 0 Å². The zero-order valence-electron chi connectivity index (χ0n) is 13.0. The standard InChI is InChI=1S/C16H24N2O3/c1-4-12-11-17(2)8-5-9-18(12)16(20)14-7-6-13(21-3)10-15(14)19/h6-7,10,12,19H,4-5,8-9,11H2,1-3H3. The first-order valence-corrected chi connectivity index (χ1v) is 7.43. The Morgan fingerprint density at radius 2 is 2.19 bits per heavy atom. The van der Waals surface area contributed by atoms with Crippen molar-refractivity contribution in [2.24, 2.45) is 0 Å². The topological polar surface area (TPSA) is 53.0 Å². The SMILES string of the molecule is CCC1CN(C)CCCN1C(=O)c1ccc(OC)cc1O. The molecule has 116 valence electrons. The van der Waals surface area contributed by atoms with Gasteiger partial charge < -0.3 is 19.6 Å². The van der Waals surface area contributed by atoms with E-state index in [1.165, 1.54) is 13.2 Å². The molecule has 1 fully saturated rings.